The number of nitrogens with one attached hydrogen (secondary N) is 3. The molecule has 7 heteroatoms. The Morgan fingerprint density at radius 1 is 1.28 bits per heavy atom. The summed E-state index contributed by atoms with van der Waals surface area (Å²) in [6, 6.07) is 7.40. The molecular formula is C18H23N3O3S. The molecule has 134 valence electrons. The lowest BCUT2D eigenvalue weighted by Crippen LogP contribution is -2.36. The number of Topliss-reactive ketones (excluding diaryl/α,β-unsaturated/α-hetero) is 1. The molecule has 2 aliphatic heterocycles. The minimum Gasteiger partial charge on any atom is -0.332 e. The molecule has 3 rings (SSSR count). The van der Waals surface area contributed by atoms with Gasteiger partial charge in [-0.05, 0) is 31.9 Å². The van der Waals surface area contributed by atoms with Gasteiger partial charge >= 0.3 is 6.03 Å². The van der Waals surface area contributed by atoms with Crippen molar-refractivity contribution in [3.63, 3.8) is 0 Å². The van der Waals surface area contributed by atoms with Crippen molar-refractivity contribution in [1.82, 2.24) is 10.6 Å². The van der Waals surface area contributed by atoms with Crippen LogP contribution in [-0.4, -0.2) is 40.8 Å². The van der Waals surface area contributed by atoms with Gasteiger partial charge in [0, 0.05) is 28.7 Å². The Labute approximate surface area is 151 Å². The average Bonchev–Trinajstić information content (AvgIpc) is 3.11. The Kier molecular flexibility index (Phi) is 5.63. The summed E-state index contributed by atoms with van der Waals surface area (Å²) in [4.78, 5) is 34.8. The molecule has 2 saturated heterocycles. The maximum Gasteiger partial charge on any atom is 0.315 e. The van der Waals surface area contributed by atoms with E-state index in [0.717, 1.165) is 25.0 Å². The lowest BCUT2D eigenvalue weighted by Gasteiger charge is -2.16. The quantitative estimate of drug-likeness (QED) is 0.396. The second-order valence-electron chi connectivity index (χ2n) is 6.55. The van der Waals surface area contributed by atoms with Gasteiger partial charge in [0.1, 0.15) is 0 Å². The van der Waals surface area contributed by atoms with Crippen LogP contribution in [0.15, 0.2) is 24.3 Å². The number of hydrogen-bond acceptors (Lipinski definition) is 4. The minimum absolute atomic E-state index is 0.0167. The second-order valence-corrected chi connectivity index (χ2v) is 7.82. The zero-order valence-electron chi connectivity index (χ0n) is 14.2. The first-order valence-corrected chi connectivity index (χ1v) is 9.67. The van der Waals surface area contributed by atoms with Crippen LogP contribution < -0.4 is 16.0 Å². The SMILES string of the molecule is CC(=O)c1cccc(NC(=O)CCCC[C@@H]2SC[C@H]3NC(=O)N[C@H]23)c1. The maximum absolute atomic E-state index is 12.0. The number of rotatable bonds is 7. The number of urea groups is 1. The standard InChI is InChI=1S/C18H23N3O3S/c1-11(22)12-5-4-6-13(9-12)19-16(23)8-3-2-7-15-17-14(10-25-15)20-18(24)21-17/h4-6,9,14-15,17H,2-3,7-8,10H2,1H3,(H,19,23)(H2,20,21,24)/t14-,15+,17+/m1/s1. The van der Waals surface area contributed by atoms with E-state index in [1.54, 1.807) is 24.3 Å². The van der Waals surface area contributed by atoms with E-state index in [-0.39, 0.29) is 29.8 Å². The van der Waals surface area contributed by atoms with E-state index < -0.39 is 0 Å². The Bertz CT molecular complexity index is 679. The molecule has 1 aromatic rings. The van der Waals surface area contributed by atoms with Crippen LogP contribution >= 0.6 is 11.8 Å². The molecule has 0 aromatic heterocycles. The zero-order valence-corrected chi connectivity index (χ0v) is 15.0. The third kappa shape index (κ3) is 4.54. The fourth-order valence-corrected chi connectivity index (χ4v) is 4.86. The molecule has 25 heavy (non-hydrogen) atoms. The molecule has 0 radical (unpaired) electrons. The van der Waals surface area contributed by atoms with E-state index >= 15 is 0 Å². The van der Waals surface area contributed by atoms with E-state index in [2.05, 4.69) is 16.0 Å². The maximum atomic E-state index is 12.0. The van der Waals surface area contributed by atoms with Crippen LogP contribution in [0.25, 0.3) is 0 Å². The van der Waals surface area contributed by atoms with Crippen LogP contribution in [0.1, 0.15) is 43.0 Å². The molecule has 3 amide bonds. The monoisotopic (exact) mass is 361 g/mol. The van der Waals surface area contributed by atoms with Gasteiger partial charge in [-0.3, -0.25) is 9.59 Å². The summed E-state index contributed by atoms with van der Waals surface area (Å²) in [6.07, 6.45) is 3.23. The molecule has 6 nitrogen and oxygen atoms in total. The highest BCUT2D eigenvalue weighted by atomic mass is 32.2. The summed E-state index contributed by atoms with van der Waals surface area (Å²) < 4.78 is 0. The topological polar surface area (TPSA) is 87.3 Å². The third-order valence-electron chi connectivity index (χ3n) is 4.63. The number of ketones is 1. The van der Waals surface area contributed by atoms with Gasteiger partial charge < -0.3 is 16.0 Å². The Hall–Kier alpha value is -2.02. The largest absolute Gasteiger partial charge is 0.332 e. The highest BCUT2D eigenvalue weighted by Gasteiger charge is 2.42. The van der Waals surface area contributed by atoms with Crippen LogP contribution in [0.5, 0.6) is 0 Å². The fraction of sp³-hybridized carbons (Fsp3) is 0.500. The van der Waals surface area contributed by atoms with Crippen molar-refractivity contribution in [2.24, 2.45) is 0 Å². The van der Waals surface area contributed by atoms with Gasteiger partial charge in [0.25, 0.3) is 0 Å². The predicted molar refractivity (Wildman–Crippen MR) is 99.0 cm³/mol. The molecule has 3 atom stereocenters. The van der Waals surface area contributed by atoms with E-state index in [1.165, 1.54) is 6.92 Å². The van der Waals surface area contributed by atoms with Gasteiger partial charge in [-0.1, -0.05) is 18.6 Å². The number of carbonyl (C=O) groups is 3. The van der Waals surface area contributed by atoms with Gasteiger partial charge in [-0.2, -0.15) is 11.8 Å². The number of benzene rings is 1. The second kappa shape index (κ2) is 7.91. The molecule has 1 aromatic carbocycles. The van der Waals surface area contributed by atoms with Crippen molar-refractivity contribution in [1.29, 1.82) is 0 Å². The van der Waals surface area contributed by atoms with E-state index in [4.69, 9.17) is 0 Å². The summed E-state index contributed by atoms with van der Waals surface area (Å²) in [5, 5.41) is 9.20. The molecule has 0 saturated carbocycles. The van der Waals surface area contributed by atoms with Crippen molar-refractivity contribution in [2.45, 2.75) is 49.9 Å². The lowest BCUT2D eigenvalue weighted by molar-refractivity contribution is -0.116. The Morgan fingerprint density at radius 2 is 2.12 bits per heavy atom. The summed E-state index contributed by atoms with van der Waals surface area (Å²) >= 11 is 1.89. The summed E-state index contributed by atoms with van der Waals surface area (Å²) in [5.41, 5.74) is 1.25. The summed E-state index contributed by atoms with van der Waals surface area (Å²) in [5.74, 6) is 0.909. The van der Waals surface area contributed by atoms with E-state index in [1.807, 2.05) is 11.8 Å². The molecule has 0 unspecified atom stereocenters. The van der Waals surface area contributed by atoms with Crippen LogP contribution in [-0.2, 0) is 4.79 Å². The first-order chi connectivity index (χ1) is 12.0. The van der Waals surface area contributed by atoms with Crippen LogP contribution in [0, 0.1) is 0 Å². The van der Waals surface area contributed by atoms with Crippen molar-refractivity contribution >= 4 is 35.2 Å². The van der Waals surface area contributed by atoms with Crippen molar-refractivity contribution in [3.8, 4) is 0 Å². The van der Waals surface area contributed by atoms with Gasteiger partial charge in [0.15, 0.2) is 5.78 Å². The van der Waals surface area contributed by atoms with Crippen molar-refractivity contribution < 1.29 is 14.4 Å². The van der Waals surface area contributed by atoms with Crippen molar-refractivity contribution in [2.75, 3.05) is 11.1 Å². The van der Waals surface area contributed by atoms with Gasteiger partial charge in [0.05, 0.1) is 12.1 Å². The Balaban J connectivity index is 1.38. The number of anilines is 1. The number of fused-ring (bicyclic) bond motifs is 1. The molecule has 2 fully saturated rings. The highest BCUT2D eigenvalue weighted by Crippen LogP contribution is 2.33. The smallest absolute Gasteiger partial charge is 0.315 e. The van der Waals surface area contributed by atoms with Crippen LogP contribution in [0.2, 0.25) is 0 Å². The number of carbonyl (C=O) groups excluding carboxylic acids is 3. The summed E-state index contributed by atoms with van der Waals surface area (Å²) in [6.45, 7) is 1.51. The van der Waals surface area contributed by atoms with Gasteiger partial charge in [-0.25, -0.2) is 4.79 Å². The molecule has 2 aliphatic rings. The number of unbranched alkanes of at least 4 members (excludes halogenated alkanes) is 1. The van der Waals surface area contributed by atoms with Crippen LogP contribution in [0.3, 0.4) is 0 Å². The molecule has 3 N–H and O–H groups in total. The number of amides is 3. The number of thioether (sulfide) groups is 1. The molecule has 0 bridgehead atoms. The summed E-state index contributed by atoms with van der Waals surface area (Å²) in [7, 11) is 0. The fourth-order valence-electron chi connectivity index (χ4n) is 3.31. The molecule has 0 spiro atoms. The number of hydrogen-bond donors (Lipinski definition) is 3. The van der Waals surface area contributed by atoms with Gasteiger partial charge in [-0.15, -0.1) is 0 Å². The highest BCUT2D eigenvalue weighted by molar-refractivity contribution is 8.00. The molecule has 2 heterocycles. The zero-order chi connectivity index (χ0) is 17.8. The van der Waals surface area contributed by atoms with E-state index in [9.17, 15) is 14.4 Å². The van der Waals surface area contributed by atoms with Gasteiger partial charge in [0.2, 0.25) is 5.91 Å². The van der Waals surface area contributed by atoms with Crippen LogP contribution in [0.4, 0.5) is 10.5 Å². The van der Waals surface area contributed by atoms with E-state index in [0.29, 0.717) is 22.9 Å². The Morgan fingerprint density at radius 3 is 2.92 bits per heavy atom. The van der Waals surface area contributed by atoms with Crippen molar-refractivity contribution in [3.05, 3.63) is 29.8 Å². The third-order valence-corrected chi connectivity index (χ3v) is 6.14. The first-order valence-electron chi connectivity index (χ1n) is 8.62. The predicted octanol–water partition coefficient (Wildman–Crippen LogP) is 2.55. The molecule has 0 aliphatic carbocycles. The average molecular weight is 361 g/mol. The molecular weight excluding hydrogens is 338 g/mol. The minimum atomic E-state index is -0.0625. The first kappa shape index (κ1) is 17.8. The lowest BCUT2D eigenvalue weighted by atomic mass is 10.0. The normalized spacial score (nSPS) is 24.4.